The van der Waals surface area contributed by atoms with Crippen LogP contribution in [0.15, 0.2) is 17.9 Å². The molecule has 1 amide bonds. The highest BCUT2D eigenvalue weighted by Gasteiger charge is 2.12. The number of hydrogen-bond donors (Lipinski definition) is 1. The fourth-order valence-electron chi connectivity index (χ4n) is 1.07. The highest BCUT2D eigenvalue weighted by molar-refractivity contribution is 7.12. The van der Waals surface area contributed by atoms with Crippen LogP contribution in [0.2, 0.25) is 5.15 Å². The number of aryl methyl sites for hydroxylation is 1. The Bertz CT molecular complexity index is 510. The first kappa shape index (κ1) is 11.0. The maximum absolute atomic E-state index is 11.7. The molecule has 0 atom stereocenters. The predicted octanol–water partition coefficient (Wildman–Crippen LogP) is 2.15. The zero-order valence-electron chi connectivity index (χ0n) is 8.27. The molecule has 0 aliphatic rings. The maximum Gasteiger partial charge on any atom is 0.268 e. The SMILES string of the molecule is Cc1ncsc1C(=O)Nc1cnc(Cl)cn1. The van der Waals surface area contributed by atoms with E-state index in [-0.39, 0.29) is 11.1 Å². The number of aromatic nitrogens is 3. The summed E-state index contributed by atoms with van der Waals surface area (Å²) in [5.74, 6) is 0.124. The number of amides is 1. The van der Waals surface area contributed by atoms with Crippen LogP contribution < -0.4 is 5.32 Å². The van der Waals surface area contributed by atoms with Crippen molar-refractivity contribution in [3.8, 4) is 0 Å². The third kappa shape index (κ3) is 2.34. The van der Waals surface area contributed by atoms with E-state index in [1.165, 1.54) is 23.7 Å². The van der Waals surface area contributed by atoms with Gasteiger partial charge in [0.2, 0.25) is 0 Å². The van der Waals surface area contributed by atoms with Crippen molar-refractivity contribution in [1.82, 2.24) is 15.0 Å². The van der Waals surface area contributed by atoms with Gasteiger partial charge in [0.25, 0.3) is 5.91 Å². The van der Waals surface area contributed by atoms with E-state index in [1.54, 1.807) is 12.4 Å². The molecule has 0 aliphatic carbocycles. The topological polar surface area (TPSA) is 67.8 Å². The molecular formula is C9H7ClN4OS. The third-order valence-electron chi connectivity index (χ3n) is 1.81. The summed E-state index contributed by atoms with van der Waals surface area (Å²) in [4.78, 5) is 24.0. The molecule has 0 aliphatic heterocycles. The van der Waals surface area contributed by atoms with Crippen molar-refractivity contribution in [2.75, 3.05) is 5.32 Å². The minimum Gasteiger partial charge on any atom is -0.305 e. The van der Waals surface area contributed by atoms with Gasteiger partial charge in [-0.15, -0.1) is 11.3 Å². The largest absolute Gasteiger partial charge is 0.305 e. The zero-order valence-corrected chi connectivity index (χ0v) is 9.84. The van der Waals surface area contributed by atoms with E-state index in [0.717, 1.165) is 0 Å². The van der Waals surface area contributed by atoms with Crippen molar-refractivity contribution in [1.29, 1.82) is 0 Å². The van der Waals surface area contributed by atoms with Crippen LogP contribution in [0, 0.1) is 6.92 Å². The Morgan fingerprint density at radius 1 is 1.38 bits per heavy atom. The summed E-state index contributed by atoms with van der Waals surface area (Å²) < 4.78 is 0. The van der Waals surface area contributed by atoms with Crippen molar-refractivity contribution in [2.24, 2.45) is 0 Å². The minimum absolute atomic E-state index is 0.239. The van der Waals surface area contributed by atoms with Gasteiger partial charge in [0.15, 0.2) is 5.82 Å². The van der Waals surface area contributed by atoms with Crippen molar-refractivity contribution in [3.63, 3.8) is 0 Å². The number of anilines is 1. The van der Waals surface area contributed by atoms with E-state index in [0.29, 0.717) is 16.4 Å². The molecule has 0 bridgehead atoms. The van der Waals surface area contributed by atoms with Gasteiger partial charge in [-0.2, -0.15) is 0 Å². The highest BCUT2D eigenvalue weighted by Crippen LogP contribution is 2.14. The number of carbonyl (C=O) groups is 1. The predicted molar refractivity (Wildman–Crippen MR) is 61.8 cm³/mol. The van der Waals surface area contributed by atoms with E-state index >= 15 is 0 Å². The first-order chi connectivity index (χ1) is 7.66. The molecule has 0 aromatic carbocycles. The summed E-state index contributed by atoms with van der Waals surface area (Å²) in [6.45, 7) is 1.78. The molecule has 0 saturated heterocycles. The van der Waals surface area contributed by atoms with Crippen molar-refractivity contribution >= 4 is 34.7 Å². The van der Waals surface area contributed by atoms with Crippen LogP contribution in [0.5, 0.6) is 0 Å². The Balaban J connectivity index is 2.14. The number of carbonyl (C=O) groups excluding carboxylic acids is 1. The lowest BCUT2D eigenvalue weighted by Crippen LogP contribution is -2.12. The second kappa shape index (κ2) is 4.54. The number of hydrogen-bond acceptors (Lipinski definition) is 5. The standard InChI is InChI=1S/C9H7ClN4OS/c1-5-8(16-4-13-5)9(15)14-7-3-11-6(10)2-12-7/h2-4H,1H3,(H,12,14,15). The Hall–Kier alpha value is -1.53. The summed E-state index contributed by atoms with van der Waals surface area (Å²) in [5.41, 5.74) is 2.32. The van der Waals surface area contributed by atoms with Crippen LogP contribution in [0.25, 0.3) is 0 Å². The van der Waals surface area contributed by atoms with Gasteiger partial charge in [-0.25, -0.2) is 15.0 Å². The number of thiazole rings is 1. The van der Waals surface area contributed by atoms with Gasteiger partial charge in [0.1, 0.15) is 10.0 Å². The molecular weight excluding hydrogens is 248 g/mol. The molecule has 0 unspecified atom stereocenters. The zero-order chi connectivity index (χ0) is 11.5. The number of nitrogens with zero attached hydrogens (tertiary/aromatic N) is 3. The molecule has 0 saturated carbocycles. The van der Waals surface area contributed by atoms with Crippen LogP contribution in [-0.4, -0.2) is 20.9 Å². The quantitative estimate of drug-likeness (QED) is 0.892. The minimum atomic E-state index is -0.239. The van der Waals surface area contributed by atoms with E-state index < -0.39 is 0 Å². The van der Waals surface area contributed by atoms with Crippen molar-refractivity contribution < 1.29 is 4.79 Å². The summed E-state index contributed by atoms with van der Waals surface area (Å²) in [6, 6.07) is 0. The number of rotatable bonds is 2. The molecule has 0 fully saturated rings. The van der Waals surface area contributed by atoms with Crippen LogP contribution in [0.4, 0.5) is 5.82 Å². The van der Waals surface area contributed by atoms with Gasteiger partial charge in [-0.3, -0.25) is 4.79 Å². The lowest BCUT2D eigenvalue weighted by Gasteiger charge is -2.01. The Labute approximate surface area is 101 Å². The molecule has 0 spiro atoms. The van der Waals surface area contributed by atoms with Gasteiger partial charge < -0.3 is 5.32 Å². The van der Waals surface area contributed by atoms with Gasteiger partial charge in [-0.05, 0) is 6.92 Å². The molecule has 2 rings (SSSR count). The molecule has 1 N–H and O–H groups in total. The Kier molecular flexibility index (Phi) is 3.12. The van der Waals surface area contributed by atoms with Crippen LogP contribution in [-0.2, 0) is 0 Å². The van der Waals surface area contributed by atoms with E-state index in [4.69, 9.17) is 11.6 Å². The van der Waals surface area contributed by atoms with Gasteiger partial charge in [0, 0.05) is 0 Å². The van der Waals surface area contributed by atoms with Gasteiger partial charge in [0.05, 0.1) is 23.6 Å². The lowest BCUT2D eigenvalue weighted by molar-refractivity contribution is 0.102. The molecule has 7 heteroatoms. The number of nitrogens with one attached hydrogen (secondary N) is 1. The monoisotopic (exact) mass is 254 g/mol. The van der Waals surface area contributed by atoms with Crippen LogP contribution in [0.1, 0.15) is 15.4 Å². The van der Waals surface area contributed by atoms with Gasteiger partial charge in [-0.1, -0.05) is 11.6 Å². The molecule has 2 aromatic heterocycles. The molecule has 2 heterocycles. The molecule has 16 heavy (non-hydrogen) atoms. The molecule has 5 nitrogen and oxygen atoms in total. The van der Waals surface area contributed by atoms with E-state index in [2.05, 4.69) is 20.3 Å². The first-order valence-corrected chi connectivity index (χ1v) is 5.61. The lowest BCUT2D eigenvalue weighted by atomic mass is 10.4. The average Bonchev–Trinajstić information content (AvgIpc) is 2.68. The van der Waals surface area contributed by atoms with Crippen molar-refractivity contribution in [2.45, 2.75) is 6.92 Å². The fourth-order valence-corrected chi connectivity index (χ4v) is 1.86. The number of halogens is 1. The fraction of sp³-hybridized carbons (Fsp3) is 0.111. The Morgan fingerprint density at radius 2 is 2.19 bits per heavy atom. The second-order valence-electron chi connectivity index (χ2n) is 2.95. The second-order valence-corrected chi connectivity index (χ2v) is 4.19. The summed E-state index contributed by atoms with van der Waals surface area (Å²) in [5, 5.41) is 2.90. The highest BCUT2D eigenvalue weighted by atomic mass is 35.5. The Morgan fingerprint density at radius 3 is 2.75 bits per heavy atom. The first-order valence-electron chi connectivity index (χ1n) is 4.36. The van der Waals surface area contributed by atoms with E-state index in [1.807, 2.05) is 0 Å². The van der Waals surface area contributed by atoms with E-state index in [9.17, 15) is 4.79 Å². The molecule has 0 radical (unpaired) electrons. The van der Waals surface area contributed by atoms with Gasteiger partial charge >= 0.3 is 0 Å². The normalized spacial score (nSPS) is 10.1. The maximum atomic E-state index is 11.7. The smallest absolute Gasteiger partial charge is 0.268 e. The van der Waals surface area contributed by atoms with Crippen LogP contribution >= 0.6 is 22.9 Å². The van der Waals surface area contributed by atoms with Crippen molar-refractivity contribution in [3.05, 3.63) is 33.6 Å². The van der Waals surface area contributed by atoms with Crippen LogP contribution in [0.3, 0.4) is 0 Å². The molecule has 82 valence electrons. The third-order valence-corrected chi connectivity index (χ3v) is 2.94. The molecule has 2 aromatic rings. The summed E-state index contributed by atoms with van der Waals surface area (Å²) in [7, 11) is 0. The summed E-state index contributed by atoms with van der Waals surface area (Å²) in [6.07, 6.45) is 2.77. The average molecular weight is 255 g/mol. The summed E-state index contributed by atoms with van der Waals surface area (Å²) >= 11 is 6.86.